The van der Waals surface area contributed by atoms with Crippen LogP contribution in [-0.2, 0) is 9.47 Å². The van der Waals surface area contributed by atoms with Gasteiger partial charge in [-0.1, -0.05) is 23.2 Å². The summed E-state index contributed by atoms with van der Waals surface area (Å²) in [6.07, 6.45) is -7.27. The number of ketones is 1. The largest absolute Gasteiger partial charge is 0.505 e. The number of phenolic OH excluding ortho intramolecular Hbond substituents is 1. The fraction of sp³-hybridized carbons (Fsp3) is 0.533. The summed E-state index contributed by atoms with van der Waals surface area (Å²) in [5.74, 6) is -0.914. The normalized spacial score (nSPS) is 29.6. The number of hydrogen-bond donors (Lipinski definition) is 5. The summed E-state index contributed by atoms with van der Waals surface area (Å²) in [4.78, 5) is 12.3. The minimum atomic E-state index is -1.64. The molecule has 0 unspecified atom stereocenters. The third kappa shape index (κ3) is 4.07. The number of ether oxygens (including phenoxy) is 2. The number of halogens is 2. The molecule has 1 aromatic rings. The van der Waals surface area contributed by atoms with Gasteiger partial charge in [-0.15, -0.1) is 0 Å². The molecule has 1 saturated heterocycles. The Balaban J connectivity index is 2.10. The van der Waals surface area contributed by atoms with Crippen molar-refractivity contribution in [2.75, 3.05) is 13.2 Å². The molecule has 5 atom stereocenters. The molecule has 1 heterocycles. The standard InChI is InChI=1S/C15H18Cl2O8/c1-5-6(2-7(16)11(20)10(5)17)8(19)4-24-14-13(22)12(21)9(3-18)25-15(14)23/h2,9,12-15,18,20-23H,3-4H2,1H3/t9-,12-,13+,14-,15+/m1/s1. The lowest BCUT2D eigenvalue weighted by Gasteiger charge is -2.39. The van der Waals surface area contributed by atoms with E-state index < -0.39 is 49.7 Å². The van der Waals surface area contributed by atoms with Crippen molar-refractivity contribution in [1.82, 2.24) is 0 Å². The number of carbonyl (C=O) groups is 1. The Bertz CT molecular complexity index is 653. The van der Waals surface area contributed by atoms with Gasteiger partial charge in [0, 0.05) is 5.56 Å². The second-order valence-corrected chi connectivity index (χ2v) is 6.41. The fourth-order valence-electron chi connectivity index (χ4n) is 2.50. The number of Topliss-reactive ketones (excluding diaryl/α,β-unsaturated/α-hetero) is 1. The van der Waals surface area contributed by atoms with E-state index in [-0.39, 0.29) is 21.4 Å². The molecular weight excluding hydrogens is 379 g/mol. The average molecular weight is 397 g/mol. The van der Waals surface area contributed by atoms with Crippen LogP contribution in [0.4, 0.5) is 0 Å². The van der Waals surface area contributed by atoms with Crippen LogP contribution in [0.25, 0.3) is 0 Å². The van der Waals surface area contributed by atoms with Crippen LogP contribution in [0.1, 0.15) is 15.9 Å². The summed E-state index contributed by atoms with van der Waals surface area (Å²) in [5, 5.41) is 48.0. The summed E-state index contributed by atoms with van der Waals surface area (Å²) < 4.78 is 10.1. The molecule has 0 aliphatic carbocycles. The van der Waals surface area contributed by atoms with Gasteiger partial charge in [0.05, 0.1) is 16.7 Å². The van der Waals surface area contributed by atoms with Gasteiger partial charge in [0.2, 0.25) is 0 Å². The number of phenols is 1. The van der Waals surface area contributed by atoms with Crippen molar-refractivity contribution in [3.05, 3.63) is 27.2 Å². The Kier molecular flexibility index (Phi) is 6.63. The Hall–Kier alpha value is -0.970. The van der Waals surface area contributed by atoms with Gasteiger partial charge >= 0.3 is 0 Å². The lowest BCUT2D eigenvalue weighted by atomic mass is 9.99. The third-order valence-electron chi connectivity index (χ3n) is 3.99. The molecule has 0 radical (unpaired) electrons. The summed E-state index contributed by atoms with van der Waals surface area (Å²) in [7, 11) is 0. The highest BCUT2D eigenvalue weighted by atomic mass is 35.5. The van der Waals surface area contributed by atoms with Crippen molar-refractivity contribution in [2.45, 2.75) is 37.6 Å². The van der Waals surface area contributed by atoms with Crippen LogP contribution in [0.2, 0.25) is 10.0 Å². The molecule has 0 saturated carbocycles. The molecular formula is C15H18Cl2O8. The minimum Gasteiger partial charge on any atom is -0.505 e. The van der Waals surface area contributed by atoms with Crippen LogP contribution in [0.5, 0.6) is 5.75 Å². The molecule has 0 bridgehead atoms. The summed E-state index contributed by atoms with van der Waals surface area (Å²) in [5.41, 5.74) is 0.390. The maximum absolute atomic E-state index is 12.3. The Labute approximate surface area is 153 Å². The van der Waals surface area contributed by atoms with E-state index in [1.807, 2.05) is 0 Å². The molecule has 1 aromatic carbocycles. The fourth-order valence-corrected chi connectivity index (χ4v) is 2.95. The molecule has 0 amide bonds. The molecule has 140 valence electrons. The van der Waals surface area contributed by atoms with Gasteiger partial charge in [-0.3, -0.25) is 4.79 Å². The number of aliphatic hydroxyl groups excluding tert-OH is 4. The van der Waals surface area contributed by atoms with Crippen molar-refractivity contribution in [2.24, 2.45) is 0 Å². The molecule has 2 rings (SSSR count). The number of rotatable bonds is 5. The number of benzene rings is 1. The first-order valence-corrected chi connectivity index (χ1v) is 8.07. The van der Waals surface area contributed by atoms with E-state index in [4.69, 9.17) is 37.8 Å². The molecule has 1 fully saturated rings. The molecule has 5 N–H and O–H groups in total. The van der Waals surface area contributed by atoms with E-state index in [0.29, 0.717) is 5.56 Å². The topological polar surface area (TPSA) is 137 Å². The number of aliphatic hydroxyl groups is 4. The summed E-state index contributed by atoms with van der Waals surface area (Å²) >= 11 is 11.7. The van der Waals surface area contributed by atoms with Gasteiger partial charge in [-0.2, -0.15) is 0 Å². The van der Waals surface area contributed by atoms with Gasteiger partial charge in [-0.25, -0.2) is 0 Å². The Morgan fingerprint density at radius 2 is 1.92 bits per heavy atom. The monoisotopic (exact) mass is 396 g/mol. The summed E-state index contributed by atoms with van der Waals surface area (Å²) in [6.45, 7) is 0.330. The second-order valence-electron chi connectivity index (χ2n) is 5.62. The molecule has 1 aliphatic rings. The first-order chi connectivity index (χ1) is 11.7. The predicted octanol–water partition coefficient (Wildman–Crippen LogP) is 0.00662. The average Bonchev–Trinajstić information content (AvgIpc) is 2.58. The van der Waals surface area contributed by atoms with Crippen LogP contribution < -0.4 is 0 Å². The smallest absolute Gasteiger partial charge is 0.188 e. The van der Waals surface area contributed by atoms with Crippen molar-refractivity contribution in [1.29, 1.82) is 0 Å². The van der Waals surface area contributed by atoms with Gasteiger partial charge in [0.1, 0.15) is 31.0 Å². The van der Waals surface area contributed by atoms with Crippen LogP contribution in [0, 0.1) is 6.92 Å². The van der Waals surface area contributed by atoms with E-state index in [1.54, 1.807) is 0 Å². The Morgan fingerprint density at radius 1 is 1.28 bits per heavy atom. The lowest BCUT2D eigenvalue weighted by Crippen LogP contribution is -2.59. The van der Waals surface area contributed by atoms with E-state index in [0.717, 1.165) is 0 Å². The number of carbonyl (C=O) groups excluding carboxylic acids is 1. The minimum absolute atomic E-state index is 0.0712. The first-order valence-electron chi connectivity index (χ1n) is 7.31. The lowest BCUT2D eigenvalue weighted by molar-refractivity contribution is -0.294. The molecule has 8 nitrogen and oxygen atoms in total. The highest BCUT2D eigenvalue weighted by Gasteiger charge is 2.44. The first kappa shape index (κ1) is 20.3. The van der Waals surface area contributed by atoms with Crippen LogP contribution in [0.15, 0.2) is 6.07 Å². The zero-order valence-corrected chi connectivity index (χ0v) is 14.6. The zero-order chi connectivity index (χ0) is 18.9. The Morgan fingerprint density at radius 3 is 2.52 bits per heavy atom. The molecule has 0 spiro atoms. The van der Waals surface area contributed by atoms with E-state index in [1.165, 1.54) is 13.0 Å². The van der Waals surface area contributed by atoms with Crippen LogP contribution in [0.3, 0.4) is 0 Å². The van der Waals surface area contributed by atoms with E-state index in [2.05, 4.69) is 0 Å². The van der Waals surface area contributed by atoms with Crippen LogP contribution >= 0.6 is 23.2 Å². The molecule has 1 aliphatic heterocycles. The SMILES string of the molecule is Cc1c(C(=O)CO[C@@H]2[C@@H](O)[C@H](O)[C@@H](CO)O[C@@H]2O)cc(Cl)c(O)c1Cl. The third-order valence-corrected chi connectivity index (χ3v) is 4.74. The van der Waals surface area contributed by atoms with Gasteiger partial charge in [-0.05, 0) is 18.6 Å². The highest BCUT2D eigenvalue weighted by Crippen LogP contribution is 2.36. The van der Waals surface area contributed by atoms with Crippen molar-refractivity contribution >= 4 is 29.0 Å². The van der Waals surface area contributed by atoms with Gasteiger partial charge < -0.3 is 35.0 Å². The van der Waals surface area contributed by atoms with E-state index >= 15 is 0 Å². The highest BCUT2D eigenvalue weighted by molar-refractivity contribution is 6.38. The molecule has 0 aromatic heterocycles. The van der Waals surface area contributed by atoms with E-state index in [9.17, 15) is 25.2 Å². The maximum Gasteiger partial charge on any atom is 0.188 e. The summed E-state index contributed by atoms with van der Waals surface area (Å²) in [6, 6.07) is 1.23. The number of aromatic hydroxyl groups is 1. The van der Waals surface area contributed by atoms with Crippen molar-refractivity contribution in [3.8, 4) is 5.75 Å². The van der Waals surface area contributed by atoms with Crippen molar-refractivity contribution < 1.29 is 39.8 Å². The predicted molar refractivity (Wildman–Crippen MR) is 86.9 cm³/mol. The van der Waals surface area contributed by atoms with Gasteiger partial charge in [0.15, 0.2) is 17.8 Å². The van der Waals surface area contributed by atoms with Crippen LogP contribution in [-0.4, -0.2) is 75.2 Å². The van der Waals surface area contributed by atoms with Gasteiger partial charge in [0.25, 0.3) is 0 Å². The quantitative estimate of drug-likeness (QED) is 0.438. The second kappa shape index (κ2) is 8.15. The zero-order valence-electron chi connectivity index (χ0n) is 13.1. The number of hydrogen-bond acceptors (Lipinski definition) is 8. The maximum atomic E-state index is 12.3. The van der Waals surface area contributed by atoms with Crippen molar-refractivity contribution in [3.63, 3.8) is 0 Å². The molecule has 10 heteroatoms. The molecule has 25 heavy (non-hydrogen) atoms.